The molecule has 4 aromatic rings. The molecule has 1 aliphatic rings. The van der Waals surface area contributed by atoms with Crippen molar-refractivity contribution in [2.45, 2.75) is 0 Å². The van der Waals surface area contributed by atoms with Crippen molar-refractivity contribution in [2.75, 3.05) is 5.73 Å². The number of nitrogen functional groups attached to an aromatic ring is 1. The molecule has 5 rings (SSSR count). The van der Waals surface area contributed by atoms with Gasteiger partial charge in [0.15, 0.2) is 0 Å². The number of hydrogen-bond acceptors (Lipinski definition) is 8. The third-order valence-corrected chi connectivity index (χ3v) is 5.34. The van der Waals surface area contributed by atoms with Gasteiger partial charge in [-0.3, -0.25) is 39.2 Å². The minimum absolute atomic E-state index is 0.193. The summed E-state index contributed by atoms with van der Waals surface area (Å²) >= 11 is 0. The molecule has 0 unspecified atom stereocenters. The van der Waals surface area contributed by atoms with Gasteiger partial charge in [-0.15, -0.1) is 0 Å². The summed E-state index contributed by atoms with van der Waals surface area (Å²) in [5.41, 5.74) is 4.25. The average Bonchev–Trinajstić information content (AvgIpc) is 3.07. The normalized spacial score (nSPS) is 12.6. The number of benzene rings is 2. The van der Waals surface area contributed by atoms with Gasteiger partial charge < -0.3 is 5.73 Å². The zero-order chi connectivity index (χ0) is 23.4. The van der Waals surface area contributed by atoms with Crippen molar-refractivity contribution in [2.24, 2.45) is 0 Å². The van der Waals surface area contributed by atoms with Crippen LogP contribution in [0.2, 0.25) is 0 Å². The maximum Gasteiger partial charge on any atom is 0.294 e. The van der Waals surface area contributed by atoms with E-state index in [0.29, 0.717) is 22.0 Å². The summed E-state index contributed by atoms with van der Waals surface area (Å²) in [4.78, 5) is 59.9. The van der Waals surface area contributed by atoms with Gasteiger partial charge in [-0.25, -0.2) is 5.10 Å². The number of nitrogens with two attached hydrogens (primary N) is 1. The van der Waals surface area contributed by atoms with E-state index in [9.17, 15) is 29.3 Å². The standard InChI is InChI=1S/C21H12N6O6/c22-18-16-12(19(29)23-21(16)31)8-15(28)26(18)13-6-5-9(7-14(13)27(32)33)17-10-3-1-2-4-11(10)20(30)25-24-17/h1-8H,22H2,(H,25,30)(H,23,29,31). The maximum atomic E-state index is 12.7. The molecule has 0 saturated heterocycles. The fraction of sp³-hybridized carbons (Fsp3) is 0. The highest BCUT2D eigenvalue weighted by Crippen LogP contribution is 2.33. The number of carbonyl (C=O) groups is 2. The molecule has 4 N–H and O–H groups in total. The largest absolute Gasteiger partial charge is 0.384 e. The van der Waals surface area contributed by atoms with Crippen LogP contribution in [0.5, 0.6) is 0 Å². The molecule has 0 bridgehead atoms. The molecular weight excluding hydrogens is 432 g/mol. The van der Waals surface area contributed by atoms with Crippen LogP contribution in [0.25, 0.3) is 27.7 Å². The Labute approximate surface area is 182 Å². The lowest BCUT2D eigenvalue weighted by Crippen LogP contribution is -2.24. The van der Waals surface area contributed by atoms with Crippen LogP contribution >= 0.6 is 0 Å². The minimum Gasteiger partial charge on any atom is -0.384 e. The van der Waals surface area contributed by atoms with Gasteiger partial charge in [0.05, 0.1) is 27.1 Å². The molecule has 12 nitrogen and oxygen atoms in total. The number of nitro benzene ring substituents is 1. The minimum atomic E-state index is -0.820. The number of amides is 2. The first-order chi connectivity index (χ1) is 15.8. The van der Waals surface area contributed by atoms with Crippen molar-refractivity contribution in [1.29, 1.82) is 0 Å². The van der Waals surface area contributed by atoms with Crippen molar-refractivity contribution in [3.8, 4) is 16.9 Å². The Kier molecular flexibility index (Phi) is 4.17. The summed E-state index contributed by atoms with van der Waals surface area (Å²) in [7, 11) is 0. The van der Waals surface area contributed by atoms with E-state index in [1.807, 2.05) is 5.32 Å². The molecule has 0 fully saturated rings. The monoisotopic (exact) mass is 444 g/mol. The number of aromatic nitrogens is 3. The molecule has 33 heavy (non-hydrogen) atoms. The molecule has 0 saturated carbocycles. The molecule has 162 valence electrons. The summed E-state index contributed by atoms with van der Waals surface area (Å²) in [5.74, 6) is -1.97. The zero-order valence-electron chi connectivity index (χ0n) is 16.5. The summed E-state index contributed by atoms with van der Waals surface area (Å²) < 4.78 is 0.803. The number of hydrogen-bond donors (Lipinski definition) is 3. The maximum absolute atomic E-state index is 12.7. The Bertz CT molecular complexity index is 1670. The van der Waals surface area contributed by atoms with E-state index in [1.54, 1.807) is 24.3 Å². The van der Waals surface area contributed by atoms with E-state index in [0.717, 1.165) is 10.6 Å². The third-order valence-electron chi connectivity index (χ3n) is 5.34. The van der Waals surface area contributed by atoms with Gasteiger partial charge in [-0.05, 0) is 12.1 Å². The number of nitrogens with zero attached hydrogens (tertiary/aromatic N) is 3. The molecule has 3 heterocycles. The van der Waals surface area contributed by atoms with Crippen LogP contribution < -0.4 is 22.2 Å². The van der Waals surface area contributed by atoms with Crippen LogP contribution in [0, 0.1) is 10.1 Å². The fourth-order valence-electron chi connectivity index (χ4n) is 3.87. The second-order valence-electron chi connectivity index (χ2n) is 7.18. The number of pyridine rings is 1. The highest BCUT2D eigenvalue weighted by Gasteiger charge is 2.33. The van der Waals surface area contributed by atoms with Crippen LogP contribution in [-0.2, 0) is 0 Å². The summed E-state index contributed by atoms with van der Waals surface area (Å²) in [6, 6.07) is 11.5. The first-order valence-corrected chi connectivity index (χ1v) is 9.45. The number of nitrogens with one attached hydrogen (secondary N) is 2. The second-order valence-corrected chi connectivity index (χ2v) is 7.18. The predicted octanol–water partition coefficient (Wildman–Crippen LogP) is 1.11. The molecule has 0 spiro atoms. The molecule has 2 aromatic carbocycles. The number of carbonyl (C=O) groups excluding carboxylic acids is 2. The summed E-state index contributed by atoms with van der Waals surface area (Å²) in [5, 5.41) is 21.2. The smallest absolute Gasteiger partial charge is 0.294 e. The van der Waals surface area contributed by atoms with Gasteiger partial charge in [0.2, 0.25) is 0 Å². The molecule has 1 aliphatic heterocycles. The van der Waals surface area contributed by atoms with Crippen LogP contribution in [0.15, 0.2) is 58.1 Å². The van der Waals surface area contributed by atoms with Gasteiger partial charge >= 0.3 is 0 Å². The third kappa shape index (κ3) is 2.89. The van der Waals surface area contributed by atoms with Crippen molar-refractivity contribution < 1.29 is 14.5 Å². The van der Waals surface area contributed by atoms with Gasteiger partial charge in [0.25, 0.3) is 28.6 Å². The Hall–Kier alpha value is -5.13. The molecule has 0 aliphatic carbocycles. The van der Waals surface area contributed by atoms with Gasteiger partial charge in [0, 0.05) is 23.1 Å². The number of H-pyrrole nitrogens is 1. The number of anilines is 1. The Morgan fingerprint density at radius 1 is 0.970 bits per heavy atom. The molecule has 2 amide bonds. The summed E-state index contributed by atoms with van der Waals surface area (Å²) in [6.45, 7) is 0. The highest BCUT2D eigenvalue weighted by atomic mass is 16.6. The molecular formula is C21H12N6O6. The number of nitro groups is 1. The average molecular weight is 444 g/mol. The molecule has 0 atom stereocenters. The summed E-state index contributed by atoms with van der Waals surface area (Å²) in [6.07, 6.45) is 0. The van der Waals surface area contributed by atoms with Crippen LogP contribution in [0.4, 0.5) is 11.5 Å². The molecule has 0 radical (unpaired) electrons. The quantitative estimate of drug-likeness (QED) is 0.238. The topological polar surface area (TPSA) is 183 Å². The van der Waals surface area contributed by atoms with E-state index < -0.39 is 39.4 Å². The first kappa shape index (κ1) is 19.8. The van der Waals surface area contributed by atoms with Crippen molar-refractivity contribution >= 4 is 34.1 Å². The van der Waals surface area contributed by atoms with Crippen molar-refractivity contribution in [3.63, 3.8) is 0 Å². The number of aromatic amines is 1. The SMILES string of the molecule is Nc1c2c(cc(=O)n1-c1ccc(-c3n[nH]c(=O)c4ccccc34)cc1[N+](=O)[O-])C(=O)NC2=O. The number of rotatable bonds is 3. The van der Waals surface area contributed by atoms with Crippen LogP contribution in [0.1, 0.15) is 20.7 Å². The van der Waals surface area contributed by atoms with E-state index in [-0.39, 0.29) is 16.8 Å². The number of imide groups is 1. The van der Waals surface area contributed by atoms with Crippen LogP contribution in [0.3, 0.4) is 0 Å². The Morgan fingerprint density at radius 2 is 1.70 bits per heavy atom. The number of fused-ring (bicyclic) bond motifs is 2. The van der Waals surface area contributed by atoms with Crippen molar-refractivity contribution in [3.05, 3.63) is 90.5 Å². The van der Waals surface area contributed by atoms with Gasteiger partial charge in [-0.2, -0.15) is 5.10 Å². The lowest BCUT2D eigenvalue weighted by atomic mass is 10.0. The fourth-order valence-corrected chi connectivity index (χ4v) is 3.87. The van der Waals surface area contributed by atoms with Gasteiger partial charge in [0.1, 0.15) is 11.5 Å². The van der Waals surface area contributed by atoms with Crippen LogP contribution in [-0.4, -0.2) is 31.5 Å². The van der Waals surface area contributed by atoms with E-state index in [4.69, 9.17) is 5.73 Å². The highest BCUT2D eigenvalue weighted by molar-refractivity contribution is 6.23. The first-order valence-electron chi connectivity index (χ1n) is 9.45. The Balaban J connectivity index is 1.77. The van der Waals surface area contributed by atoms with E-state index in [2.05, 4.69) is 10.2 Å². The van der Waals surface area contributed by atoms with Gasteiger partial charge in [-0.1, -0.05) is 24.3 Å². The predicted molar refractivity (Wildman–Crippen MR) is 116 cm³/mol. The lowest BCUT2D eigenvalue weighted by molar-refractivity contribution is -0.384. The molecule has 12 heteroatoms. The van der Waals surface area contributed by atoms with Crippen molar-refractivity contribution in [1.82, 2.24) is 20.1 Å². The molecule has 2 aromatic heterocycles. The lowest BCUT2D eigenvalue weighted by Gasteiger charge is -2.13. The second kappa shape index (κ2) is 6.95. The van der Waals surface area contributed by atoms with E-state index >= 15 is 0 Å². The van der Waals surface area contributed by atoms with E-state index in [1.165, 1.54) is 18.2 Å². The zero-order valence-corrected chi connectivity index (χ0v) is 16.5. The Morgan fingerprint density at radius 3 is 2.42 bits per heavy atom.